The summed E-state index contributed by atoms with van der Waals surface area (Å²) in [7, 11) is 0. The van der Waals surface area contributed by atoms with E-state index in [4.69, 9.17) is 0 Å². The molecule has 0 radical (unpaired) electrons. The number of fused-ring (bicyclic) bond motifs is 1. The lowest BCUT2D eigenvalue weighted by molar-refractivity contribution is 0.0944. The van der Waals surface area contributed by atoms with Crippen LogP contribution in [0.25, 0.3) is 15.9 Å². The van der Waals surface area contributed by atoms with Crippen molar-refractivity contribution in [1.82, 2.24) is 25.1 Å². The van der Waals surface area contributed by atoms with E-state index in [0.717, 1.165) is 22.2 Å². The lowest BCUT2D eigenvalue weighted by Gasteiger charge is -2.10. The summed E-state index contributed by atoms with van der Waals surface area (Å²) in [5.74, 6) is -0.225. The summed E-state index contributed by atoms with van der Waals surface area (Å²) in [6.45, 7) is 3.87. The second kappa shape index (κ2) is 9.27. The lowest BCUT2D eigenvalue weighted by Crippen LogP contribution is -2.25. The van der Waals surface area contributed by atoms with E-state index in [1.165, 1.54) is 23.5 Å². The summed E-state index contributed by atoms with van der Waals surface area (Å²) in [5, 5.41) is 12.8. The van der Waals surface area contributed by atoms with Crippen LogP contribution in [0.4, 0.5) is 4.39 Å². The fourth-order valence-corrected chi connectivity index (χ4v) is 5.12. The highest BCUT2D eigenvalue weighted by Crippen LogP contribution is 2.31. The Balaban J connectivity index is 1.46. The van der Waals surface area contributed by atoms with Crippen LogP contribution >= 0.6 is 11.3 Å². The highest BCUT2D eigenvalue weighted by molar-refractivity contribution is 7.15. The predicted molar refractivity (Wildman–Crippen MR) is 133 cm³/mol. The number of aromatic nitrogens is 4. The van der Waals surface area contributed by atoms with Crippen LogP contribution in [-0.4, -0.2) is 31.4 Å². The first-order chi connectivity index (χ1) is 17.0. The molecule has 0 fully saturated rings. The van der Waals surface area contributed by atoms with Crippen molar-refractivity contribution in [2.75, 3.05) is 0 Å². The largest absolute Gasteiger partial charge is 0.351 e. The van der Waals surface area contributed by atoms with E-state index in [9.17, 15) is 14.0 Å². The molecule has 3 heterocycles. The number of hydrogen-bond acceptors (Lipinski definition) is 5. The van der Waals surface area contributed by atoms with Crippen LogP contribution in [0, 0.1) is 12.7 Å². The first-order valence-electron chi connectivity index (χ1n) is 11.2. The third kappa shape index (κ3) is 4.26. The third-order valence-electron chi connectivity index (χ3n) is 5.75. The van der Waals surface area contributed by atoms with Crippen molar-refractivity contribution < 1.29 is 14.0 Å². The second-order valence-electron chi connectivity index (χ2n) is 8.05. The van der Waals surface area contributed by atoms with Gasteiger partial charge < -0.3 is 10.3 Å². The second-order valence-corrected chi connectivity index (χ2v) is 9.16. The molecule has 3 aromatic heterocycles. The van der Waals surface area contributed by atoms with Crippen LogP contribution in [0.2, 0.25) is 0 Å². The molecule has 0 aliphatic carbocycles. The number of aromatic amines is 1. The molecule has 5 rings (SSSR count). The quantitative estimate of drug-likeness (QED) is 0.317. The van der Waals surface area contributed by atoms with Crippen LogP contribution < -0.4 is 5.32 Å². The number of carbonyl (C=O) groups excluding carboxylic acids is 2. The van der Waals surface area contributed by atoms with Gasteiger partial charge in [-0.3, -0.25) is 14.2 Å². The van der Waals surface area contributed by atoms with Gasteiger partial charge in [0, 0.05) is 15.8 Å². The van der Waals surface area contributed by atoms with Gasteiger partial charge in [0.05, 0.1) is 17.7 Å². The van der Waals surface area contributed by atoms with E-state index in [1.54, 1.807) is 35.8 Å². The molecule has 9 heteroatoms. The fraction of sp³-hybridized carbons (Fsp3) is 0.154. The number of hydrogen-bond donors (Lipinski definition) is 2. The van der Waals surface area contributed by atoms with Crippen molar-refractivity contribution in [2.45, 2.75) is 26.8 Å². The van der Waals surface area contributed by atoms with Crippen LogP contribution in [0.15, 0.2) is 60.7 Å². The van der Waals surface area contributed by atoms with Gasteiger partial charge in [0.15, 0.2) is 11.6 Å². The van der Waals surface area contributed by atoms with E-state index < -0.39 is 11.6 Å². The molecule has 7 nitrogen and oxygen atoms in total. The lowest BCUT2D eigenvalue weighted by atomic mass is 10.0. The number of carbonyl (C=O) groups is 2. The molecule has 1 amide bonds. The Kier molecular flexibility index (Phi) is 6.00. The number of amides is 1. The van der Waals surface area contributed by atoms with Crippen LogP contribution in [0.1, 0.15) is 49.9 Å². The molecule has 0 saturated heterocycles. The number of benzene rings is 2. The Hall–Kier alpha value is -4.11. The Bertz CT molecular complexity index is 1530. The van der Waals surface area contributed by atoms with Crippen molar-refractivity contribution >= 4 is 33.9 Å². The minimum atomic E-state index is -0.570. The van der Waals surface area contributed by atoms with E-state index in [0.29, 0.717) is 27.9 Å². The molecule has 0 unspecified atom stereocenters. The van der Waals surface area contributed by atoms with E-state index in [1.807, 2.05) is 31.2 Å². The molecule has 0 spiro atoms. The first-order valence-corrected chi connectivity index (χ1v) is 12.0. The van der Waals surface area contributed by atoms with Crippen molar-refractivity contribution in [3.63, 3.8) is 0 Å². The summed E-state index contributed by atoms with van der Waals surface area (Å²) < 4.78 is 16.1. The van der Waals surface area contributed by atoms with Gasteiger partial charge >= 0.3 is 0 Å². The van der Waals surface area contributed by atoms with E-state index >= 15 is 0 Å². The fourth-order valence-electron chi connectivity index (χ4n) is 3.96. The molecular weight excluding hydrogens is 465 g/mol. The van der Waals surface area contributed by atoms with Gasteiger partial charge in [0.1, 0.15) is 22.3 Å². The smallest absolute Gasteiger partial charge is 0.268 e. The summed E-state index contributed by atoms with van der Waals surface area (Å²) in [4.78, 5) is 30.2. The zero-order chi connectivity index (χ0) is 24.5. The van der Waals surface area contributed by atoms with Crippen molar-refractivity contribution in [3.05, 3.63) is 99.8 Å². The average Bonchev–Trinajstić information content (AvgIpc) is 3.58. The maximum Gasteiger partial charge on any atom is 0.268 e. The Labute approximate surface area is 204 Å². The van der Waals surface area contributed by atoms with Gasteiger partial charge in [0.25, 0.3) is 5.91 Å². The average molecular weight is 488 g/mol. The normalized spacial score (nSPS) is 11.2. The standard InChI is InChI=1S/C26H22FN5O2S/c1-3-17-13-19(24(33)18-9-5-6-10-20(18)27)26(35-17)32-15(2)30-31-23(32)14-28-25(34)22-12-16-8-4-7-11-21(16)29-22/h4-13,29H,3,14H2,1-2H3,(H,28,34). The van der Waals surface area contributed by atoms with E-state index in [2.05, 4.69) is 20.5 Å². The van der Waals surface area contributed by atoms with E-state index in [-0.39, 0.29) is 18.0 Å². The summed E-state index contributed by atoms with van der Waals surface area (Å²) >= 11 is 1.43. The molecule has 0 aliphatic rings. The minimum Gasteiger partial charge on any atom is -0.351 e. The summed E-state index contributed by atoms with van der Waals surface area (Å²) in [5.41, 5.74) is 1.70. The molecular formula is C26H22FN5O2S. The van der Waals surface area contributed by atoms with Crippen molar-refractivity contribution in [1.29, 1.82) is 0 Å². The number of halogens is 1. The monoisotopic (exact) mass is 487 g/mol. The van der Waals surface area contributed by atoms with Crippen LogP contribution in [0.3, 0.4) is 0 Å². The highest BCUT2D eigenvalue weighted by Gasteiger charge is 2.24. The molecule has 0 saturated carbocycles. The van der Waals surface area contributed by atoms with Gasteiger partial charge in [-0.2, -0.15) is 0 Å². The minimum absolute atomic E-state index is 0.00796. The Morgan fingerprint density at radius 1 is 1.06 bits per heavy atom. The number of rotatable bonds is 7. The van der Waals surface area contributed by atoms with Crippen LogP contribution in [-0.2, 0) is 13.0 Å². The molecule has 2 aromatic carbocycles. The van der Waals surface area contributed by atoms with Gasteiger partial charge in [0.2, 0.25) is 0 Å². The van der Waals surface area contributed by atoms with Gasteiger partial charge in [-0.15, -0.1) is 21.5 Å². The molecule has 2 N–H and O–H groups in total. The molecule has 0 aliphatic heterocycles. The number of H-pyrrole nitrogens is 1. The number of nitrogens with one attached hydrogen (secondary N) is 2. The zero-order valence-corrected chi connectivity index (χ0v) is 19.9. The molecule has 35 heavy (non-hydrogen) atoms. The molecule has 5 aromatic rings. The molecule has 0 atom stereocenters. The Morgan fingerprint density at radius 3 is 2.60 bits per heavy atom. The van der Waals surface area contributed by atoms with Crippen molar-refractivity contribution in [2.24, 2.45) is 0 Å². The Morgan fingerprint density at radius 2 is 1.83 bits per heavy atom. The zero-order valence-electron chi connectivity index (χ0n) is 19.1. The summed E-state index contributed by atoms with van der Waals surface area (Å²) in [6, 6.07) is 17.2. The number of ketones is 1. The highest BCUT2D eigenvalue weighted by atomic mass is 32.1. The number of thiophene rings is 1. The number of para-hydroxylation sites is 1. The number of nitrogens with zero attached hydrogens (tertiary/aromatic N) is 3. The molecule has 176 valence electrons. The molecule has 0 bridgehead atoms. The van der Waals surface area contributed by atoms with Crippen LogP contribution in [0.5, 0.6) is 0 Å². The van der Waals surface area contributed by atoms with Gasteiger partial charge in [-0.1, -0.05) is 37.3 Å². The van der Waals surface area contributed by atoms with Gasteiger partial charge in [-0.05, 0) is 43.7 Å². The SMILES string of the molecule is CCc1cc(C(=O)c2ccccc2F)c(-n2c(C)nnc2CNC(=O)c2cc3ccccc3[nH]2)s1. The first kappa shape index (κ1) is 22.7. The number of aryl methyl sites for hydroxylation is 2. The summed E-state index contributed by atoms with van der Waals surface area (Å²) in [6.07, 6.45) is 0.718. The third-order valence-corrected chi connectivity index (χ3v) is 7.02. The van der Waals surface area contributed by atoms with Crippen molar-refractivity contribution in [3.8, 4) is 5.00 Å². The van der Waals surface area contributed by atoms with Gasteiger partial charge in [-0.25, -0.2) is 4.39 Å². The maximum atomic E-state index is 14.4. The maximum absolute atomic E-state index is 14.4. The topological polar surface area (TPSA) is 92.7 Å². The predicted octanol–water partition coefficient (Wildman–Crippen LogP) is 4.98.